The molecule has 1 aromatic heterocycles. The summed E-state index contributed by atoms with van der Waals surface area (Å²) in [5.74, 6) is 2.16. The maximum absolute atomic E-state index is 5.73. The summed E-state index contributed by atoms with van der Waals surface area (Å²) in [6, 6.07) is 0.205. The second kappa shape index (κ2) is 6.20. The van der Waals surface area contributed by atoms with Crippen molar-refractivity contribution in [3.8, 4) is 0 Å². The van der Waals surface area contributed by atoms with Crippen molar-refractivity contribution in [2.75, 3.05) is 33.3 Å². The number of likely N-dealkylation sites (N-methyl/N-ethyl adjacent to an activating group) is 1. The smallest absolute Gasteiger partial charge is 0.243 e. The van der Waals surface area contributed by atoms with E-state index < -0.39 is 0 Å². The molecule has 0 spiro atoms. The Morgan fingerprint density at radius 1 is 1.45 bits per heavy atom. The van der Waals surface area contributed by atoms with Crippen molar-refractivity contribution in [3.05, 3.63) is 11.7 Å². The zero-order chi connectivity index (χ0) is 13.9. The maximum atomic E-state index is 5.73. The average molecular weight is 280 g/mol. The van der Waals surface area contributed by atoms with Gasteiger partial charge in [-0.3, -0.25) is 0 Å². The second-order valence-corrected chi connectivity index (χ2v) is 5.92. The van der Waals surface area contributed by atoms with Crippen LogP contribution in [0.25, 0.3) is 0 Å². The van der Waals surface area contributed by atoms with Crippen LogP contribution < -0.4 is 5.32 Å². The minimum absolute atomic E-state index is 0.0585. The minimum Gasteiger partial charge on any atom is -0.367 e. The first-order valence-electron chi connectivity index (χ1n) is 7.63. The molecule has 0 bridgehead atoms. The monoisotopic (exact) mass is 280 g/mol. The highest BCUT2D eigenvalue weighted by molar-refractivity contribution is 4.99. The van der Waals surface area contributed by atoms with E-state index in [1.54, 1.807) is 0 Å². The SMILES string of the molecule is CCC1CCNC(c2nc(C3CN(C)CCO3)no2)C1. The number of piperidine rings is 1. The zero-order valence-corrected chi connectivity index (χ0v) is 12.3. The van der Waals surface area contributed by atoms with Crippen LogP contribution in [0, 0.1) is 5.92 Å². The molecule has 0 aliphatic carbocycles. The first kappa shape index (κ1) is 14.0. The van der Waals surface area contributed by atoms with Crippen molar-refractivity contribution in [1.29, 1.82) is 0 Å². The Labute approximate surface area is 119 Å². The van der Waals surface area contributed by atoms with Gasteiger partial charge in [-0.15, -0.1) is 0 Å². The Balaban J connectivity index is 1.66. The summed E-state index contributed by atoms with van der Waals surface area (Å²) < 4.78 is 11.2. The van der Waals surface area contributed by atoms with Crippen molar-refractivity contribution in [3.63, 3.8) is 0 Å². The quantitative estimate of drug-likeness (QED) is 0.906. The predicted molar refractivity (Wildman–Crippen MR) is 74.2 cm³/mol. The lowest BCUT2D eigenvalue weighted by Crippen LogP contribution is -2.35. The third kappa shape index (κ3) is 3.02. The highest BCUT2D eigenvalue weighted by atomic mass is 16.5. The van der Waals surface area contributed by atoms with Crippen molar-refractivity contribution in [2.24, 2.45) is 5.92 Å². The number of ether oxygens (including phenoxy) is 1. The molecule has 112 valence electrons. The third-order valence-electron chi connectivity index (χ3n) is 4.40. The average Bonchev–Trinajstić information content (AvgIpc) is 2.97. The summed E-state index contributed by atoms with van der Waals surface area (Å²) in [6.45, 7) is 5.80. The molecule has 2 fully saturated rings. The number of nitrogens with one attached hydrogen (secondary N) is 1. The molecule has 3 heterocycles. The Bertz CT molecular complexity index is 437. The summed E-state index contributed by atoms with van der Waals surface area (Å²) in [4.78, 5) is 6.80. The van der Waals surface area contributed by atoms with Crippen molar-refractivity contribution in [2.45, 2.75) is 38.3 Å². The Morgan fingerprint density at radius 2 is 2.35 bits per heavy atom. The fraction of sp³-hybridized carbons (Fsp3) is 0.857. The zero-order valence-electron chi connectivity index (χ0n) is 12.3. The first-order chi connectivity index (χ1) is 9.76. The number of morpholine rings is 1. The van der Waals surface area contributed by atoms with E-state index in [9.17, 15) is 0 Å². The number of rotatable bonds is 3. The van der Waals surface area contributed by atoms with Crippen LogP contribution in [0.4, 0.5) is 0 Å². The molecule has 3 rings (SSSR count). The molecule has 20 heavy (non-hydrogen) atoms. The van der Waals surface area contributed by atoms with Gasteiger partial charge in [0.1, 0.15) is 6.10 Å². The number of hydrogen-bond acceptors (Lipinski definition) is 6. The highest BCUT2D eigenvalue weighted by Crippen LogP contribution is 2.29. The molecule has 1 aromatic rings. The van der Waals surface area contributed by atoms with Gasteiger partial charge in [-0.05, 0) is 32.4 Å². The number of hydrogen-bond donors (Lipinski definition) is 1. The van der Waals surface area contributed by atoms with Gasteiger partial charge in [0, 0.05) is 13.1 Å². The standard InChI is InChI=1S/C14H24N4O2/c1-3-10-4-5-15-11(8-10)14-16-13(17-20-14)12-9-18(2)6-7-19-12/h10-12,15H,3-9H2,1-2H3. The van der Waals surface area contributed by atoms with Crippen molar-refractivity contribution < 1.29 is 9.26 Å². The van der Waals surface area contributed by atoms with Crippen LogP contribution in [-0.2, 0) is 4.74 Å². The molecule has 0 saturated carbocycles. The van der Waals surface area contributed by atoms with Gasteiger partial charge in [0.15, 0.2) is 0 Å². The van der Waals surface area contributed by atoms with E-state index in [0.717, 1.165) is 44.5 Å². The largest absolute Gasteiger partial charge is 0.367 e. The molecule has 3 atom stereocenters. The summed E-state index contributed by atoms with van der Waals surface area (Å²) in [7, 11) is 2.09. The Kier molecular flexibility index (Phi) is 4.33. The maximum Gasteiger partial charge on any atom is 0.243 e. The molecule has 0 amide bonds. The predicted octanol–water partition coefficient (Wildman–Crippen LogP) is 1.52. The van der Waals surface area contributed by atoms with Crippen molar-refractivity contribution in [1.82, 2.24) is 20.4 Å². The molecule has 0 aromatic carbocycles. The van der Waals surface area contributed by atoms with Gasteiger partial charge in [0.25, 0.3) is 0 Å². The minimum atomic E-state index is -0.0585. The molecule has 2 aliphatic heterocycles. The normalized spacial score (nSPS) is 32.4. The molecule has 2 aliphatic rings. The fourth-order valence-corrected chi connectivity index (χ4v) is 3.01. The summed E-state index contributed by atoms with van der Waals surface area (Å²) in [6.07, 6.45) is 3.49. The topological polar surface area (TPSA) is 63.4 Å². The van der Waals surface area contributed by atoms with Gasteiger partial charge in [-0.2, -0.15) is 4.98 Å². The number of aromatic nitrogens is 2. The van der Waals surface area contributed by atoms with Crippen LogP contribution in [0.15, 0.2) is 4.52 Å². The van der Waals surface area contributed by atoms with Crippen molar-refractivity contribution >= 4 is 0 Å². The summed E-state index contributed by atoms with van der Waals surface area (Å²) in [5.41, 5.74) is 0. The number of nitrogens with zero attached hydrogens (tertiary/aromatic N) is 3. The molecule has 1 N–H and O–H groups in total. The van der Waals surface area contributed by atoms with Crippen LogP contribution in [-0.4, -0.2) is 48.3 Å². The van der Waals surface area contributed by atoms with Gasteiger partial charge >= 0.3 is 0 Å². The molecule has 6 heteroatoms. The Morgan fingerprint density at radius 3 is 3.15 bits per heavy atom. The molecule has 2 saturated heterocycles. The Hall–Kier alpha value is -0.980. The van der Waals surface area contributed by atoms with E-state index in [1.165, 1.54) is 12.8 Å². The van der Waals surface area contributed by atoms with Crippen LogP contribution in [0.2, 0.25) is 0 Å². The molecular formula is C14H24N4O2. The van der Waals surface area contributed by atoms with E-state index in [-0.39, 0.29) is 12.1 Å². The van der Waals surface area contributed by atoms with Crippen LogP contribution in [0.3, 0.4) is 0 Å². The summed E-state index contributed by atoms with van der Waals surface area (Å²) >= 11 is 0. The lowest BCUT2D eigenvalue weighted by atomic mass is 9.90. The lowest BCUT2D eigenvalue weighted by Gasteiger charge is -2.28. The van der Waals surface area contributed by atoms with E-state index in [4.69, 9.17) is 9.26 Å². The van der Waals surface area contributed by atoms with E-state index >= 15 is 0 Å². The van der Waals surface area contributed by atoms with E-state index in [0.29, 0.717) is 5.82 Å². The van der Waals surface area contributed by atoms with E-state index in [2.05, 4.69) is 34.3 Å². The highest BCUT2D eigenvalue weighted by Gasteiger charge is 2.29. The van der Waals surface area contributed by atoms with Gasteiger partial charge < -0.3 is 19.5 Å². The molecule has 3 unspecified atom stereocenters. The van der Waals surface area contributed by atoms with E-state index in [1.807, 2.05) is 0 Å². The van der Waals surface area contributed by atoms with Gasteiger partial charge in [-0.25, -0.2) is 0 Å². The van der Waals surface area contributed by atoms with Gasteiger partial charge in [-0.1, -0.05) is 18.5 Å². The van der Waals surface area contributed by atoms with Crippen LogP contribution in [0.5, 0.6) is 0 Å². The fourth-order valence-electron chi connectivity index (χ4n) is 3.01. The van der Waals surface area contributed by atoms with Gasteiger partial charge in [0.2, 0.25) is 11.7 Å². The first-order valence-corrected chi connectivity index (χ1v) is 7.63. The lowest BCUT2D eigenvalue weighted by molar-refractivity contribution is -0.0264. The van der Waals surface area contributed by atoms with Gasteiger partial charge in [0.05, 0.1) is 12.6 Å². The summed E-state index contributed by atoms with van der Waals surface area (Å²) in [5, 5.41) is 7.60. The molecule has 6 nitrogen and oxygen atoms in total. The van der Waals surface area contributed by atoms with Crippen LogP contribution >= 0.6 is 0 Å². The molecule has 0 radical (unpaired) electrons. The van der Waals surface area contributed by atoms with Crippen LogP contribution in [0.1, 0.15) is 50.0 Å². The third-order valence-corrected chi connectivity index (χ3v) is 4.40. The molecular weight excluding hydrogens is 256 g/mol. The second-order valence-electron chi connectivity index (χ2n) is 5.92.